The molecule has 44 heavy (non-hydrogen) atoms. The largest absolute Gasteiger partial charge is 0.462 e. The second-order valence-corrected chi connectivity index (χ2v) is 9.95. The summed E-state index contributed by atoms with van der Waals surface area (Å²) >= 11 is 0. The predicted molar refractivity (Wildman–Crippen MR) is 161 cm³/mol. The molecule has 3 aromatic carbocycles. The molecule has 10 nitrogen and oxygen atoms in total. The molecule has 0 aliphatic heterocycles. The Labute approximate surface area is 256 Å². The summed E-state index contributed by atoms with van der Waals surface area (Å²) in [5.74, 6) is -1.74. The van der Waals surface area contributed by atoms with E-state index < -0.39 is 23.9 Å². The fraction of sp³-hybridized carbons (Fsp3) is 0.353. The average Bonchev–Trinajstić information content (AvgIpc) is 3.04. The van der Waals surface area contributed by atoms with Crippen molar-refractivity contribution in [1.82, 2.24) is 0 Å². The highest BCUT2D eigenvalue weighted by atomic mass is 16.5. The zero-order valence-electron chi connectivity index (χ0n) is 24.6. The number of hydrogen-bond donors (Lipinski definition) is 2. The number of benzene rings is 3. The Hall–Kier alpha value is -4.54. The minimum atomic E-state index is -0.643. The van der Waals surface area contributed by atoms with Crippen LogP contribution in [-0.4, -0.2) is 60.5 Å². The van der Waals surface area contributed by atoms with Crippen LogP contribution in [0.1, 0.15) is 92.8 Å². The number of hydrogen-bond acceptors (Lipinski definition) is 10. The maximum Gasteiger partial charge on any atom is 0.343 e. The van der Waals surface area contributed by atoms with Crippen LogP contribution in [-0.2, 0) is 9.47 Å². The maximum atomic E-state index is 12.6. The molecule has 3 rings (SSSR count). The summed E-state index contributed by atoms with van der Waals surface area (Å²) in [5, 5.41) is 17.6. The number of carbonyl (C=O) groups is 4. The number of unbranched alkanes of at least 4 members (excludes halogenated alkanes) is 6. The maximum absolute atomic E-state index is 12.6. The van der Waals surface area contributed by atoms with Gasteiger partial charge in [-0.25, -0.2) is 19.2 Å². The van der Waals surface area contributed by atoms with Crippen LogP contribution in [0.25, 0.3) is 0 Å². The summed E-state index contributed by atoms with van der Waals surface area (Å²) in [7, 11) is 0. The van der Waals surface area contributed by atoms with E-state index in [1.165, 1.54) is 72.8 Å². The third-order valence-electron chi connectivity index (χ3n) is 6.53. The topological polar surface area (TPSA) is 146 Å². The molecule has 0 aliphatic rings. The van der Waals surface area contributed by atoms with E-state index in [0.29, 0.717) is 24.3 Å². The Kier molecular flexibility index (Phi) is 14.6. The normalized spacial score (nSPS) is 10.6. The van der Waals surface area contributed by atoms with Crippen molar-refractivity contribution < 1.29 is 48.3 Å². The van der Waals surface area contributed by atoms with Crippen LogP contribution >= 0.6 is 0 Å². The standard InChI is InChI=1S/C34H38O10/c35-21-5-1-3-7-23-41-31(37)25-13-17-29(18-14-25)43-33(39)27-9-11-28(12-10-27)34(40)44-30-19-15-26(16-20-30)32(38)42-24-8-4-2-6-22-36/h9-20,35-36H,1-8,21-24H2. The van der Waals surface area contributed by atoms with Gasteiger partial charge in [-0.2, -0.15) is 0 Å². The van der Waals surface area contributed by atoms with E-state index >= 15 is 0 Å². The lowest BCUT2D eigenvalue weighted by Gasteiger charge is -2.08. The molecule has 0 bridgehead atoms. The molecule has 0 aromatic heterocycles. The van der Waals surface area contributed by atoms with Gasteiger partial charge in [0.1, 0.15) is 11.5 Å². The van der Waals surface area contributed by atoms with Crippen LogP contribution in [0.2, 0.25) is 0 Å². The van der Waals surface area contributed by atoms with Gasteiger partial charge >= 0.3 is 23.9 Å². The molecule has 0 unspecified atom stereocenters. The second kappa shape index (κ2) is 18.9. The summed E-state index contributed by atoms with van der Waals surface area (Å²) in [6.07, 6.45) is 6.40. The van der Waals surface area contributed by atoms with Gasteiger partial charge in [0, 0.05) is 13.2 Å². The average molecular weight is 607 g/mol. The van der Waals surface area contributed by atoms with Gasteiger partial charge in [0.15, 0.2) is 0 Å². The molecule has 0 saturated heterocycles. The highest BCUT2D eigenvalue weighted by molar-refractivity contribution is 5.95. The first-order valence-corrected chi connectivity index (χ1v) is 14.7. The Balaban J connectivity index is 1.43. The number of ether oxygens (including phenoxy) is 4. The molecule has 0 aliphatic carbocycles. The Bertz CT molecular complexity index is 1230. The van der Waals surface area contributed by atoms with Gasteiger partial charge in [-0.05, 0) is 111 Å². The van der Waals surface area contributed by atoms with Crippen molar-refractivity contribution in [2.45, 2.75) is 51.4 Å². The summed E-state index contributed by atoms with van der Waals surface area (Å²) in [6, 6.07) is 17.8. The van der Waals surface area contributed by atoms with Crippen molar-refractivity contribution in [3.8, 4) is 11.5 Å². The smallest absolute Gasteiger partial charge is 0.343 e. The minimum absolute atomic E-state index is 0.157. The second-order valence-electron chi connectivity index (χ2n) is 9.95. The van der Waals surface area contributed by atoms with Crippen molar-refractivity contribution in [3.05, 3.63) is 95.1 Å². The number of esters is 4. The third kappa shape index (κ3) is 11.6. The minimum Gasteiger partial charge on any atom is -0.462 e. The van der Waals surface area contributed by atoms with Crippen LogP contribution in [0.4, 0.5) is 0 Å². The molecule has 0 radical (unpaired) electrons. The Morgan fingerprint density at radius 2 is 0.705 bits per heavy atom. The van der Waals surface area contributed by atoms with Gasteiger partial charge in [0.05, 0.1) is 35.5 Å². The van der Waals surface area contributed by atoms with Gasteiger partial charge in [-0.3, -0.25) is 0 Å². The fourth-order valence-electron chi connectivity index (χ4n) is 4.02. The third-order valence-corrected chi connectivity index (χ3v) is 6.53. The SMILES string of the molecule is O=C(OCCCCCCO)c1ccc(OC(=O)c2ccc(C(=O)Oc3ccc(C(=O)OCCCCCCO)cc3)cc2)cc1. The van der Waals surface area contributed by atoms with E-state index in [2.05, 4.69) is 0 Å². The van der Waals surface area contributed by atoms with E-state index in [0.717, 1.165) is 51.4 Å². The van der Waals surface area contributed by atoms with Crippen molar-refractivity contribution in [3.63, 3.8) is 0 Å². The number of aliphatic hydroxyl groups is 2. The monoisotopic (exact) mass is 606 g/mol. The van der Waals surface area contributed by atoms with Crippen molar-refractivity contribution in [2.24, 2.45) is 0 Å². The molecular weight excluding hydrogens is 568 g/mol. The van der Waals surface area contributed by atoms with Crippen LogP contribution in [0.5, 0.6) is 11.5 Å². The zero-order chi connectivity index (χ0) is 31.6. The van der Waals surface area contributed by atoms with Crippen molar-refractivity contribution in [1.29, 1.82) is 0 Å². The highest BCUT2D eigenvalue weighted by Crippen LogP contribution is 2.18. The Morgan fingerprint density at radius 1 is 0.409 bits per heavy atom. The van der Waals surface area contributed by atoms with E-state index in [1.807, 2.05) is 0 Å². The molecule has 2 N–H and O–H groups in total. The van der Waals surface area contributed by atoms with Crippen LogP contribution in [0, 0.1) is 0 Å². The quantitative estimate of drug-likeness (QED) is 0.107. The number of aliphatic hydroxyl groups excluding tert-OH is 2. The summed E-state index contributed by atoms with van der Waals surface area (Å²) < 4.78 is 21.2. The molecular formula is C34H38O10. The van der Waals surface area contributed by atoms with Crippen LogP contribution in [0.3, 0.4) is 0 Å². The Morgan fingerprint density at radius 3 is 1.05 bits per heavy atom. The molecule has 0 fully saturated rings. The van der Waals surface area contributed by atoms with E-state index in [9.17, 15) is 19.2 Å². The zero-order valence-corrected chi connectivity index (χ0v) is 24.6. The van der Waals surface area contributed by atoms with Crippen LogP contribution < -0.4 is 9.47 Å². The predicted octanol–water partition coefficient (Wildman–Crippen LogP) is 5.54. The molecule has 0 amide bonds. The number of carbonyl (C=O) groups excluding carboxylic acids is 4. The highest BCUT2D eigenvalue weighted by Gasteiger charge is 2.14. The molecule has 0 spiro atoms. The molecule has 234 valence electrons. The van der Waals surface area contributed by atoms with Crippen molar-refractivity contribution in [2.75, 3.05) is 26.4 Å². The lowest BCUT2D eigenvalue weighted by atomic mass is 10.1. The summed E-state index contributed by atoms with van der Waals surface area (Å²) in [6.45, 7) is 0.900. The summed E-state index contributed by atoms with van der Waals surface area (Å²) in [4.78, 5) is 49.5. The van der Waals surface area contributed by atoms with Gasteiger partial charge < -0.3 is 29.2 Å². The van der Waals surface area contributed by atoms with Gasteiger partial charge in [-0.1, -0.05) is 12.8 Å². The van der Waals surface area contributed by atoms with E-state index in [1.54, 1.807) is 0 Å². The lowest BCUT2D eigenvalue weighted by molar-refractivity contribution is 0.0488. The van der Waals surface area contributed by atoms with Gasteiger partial charge in [0.25, 0.3) is 0 Å². The first-order chi connectivity index (χ1) is 21.4. The molecule has 0 atom stereocenters. The lowest BCUT2D eigenvalue weighted by Crippen LogP contribution is -2.12. The van der Waals surface area contributed by atoms with Crippen LogP contribution in [0.15, 0.2) is 72.8 Å². The molecule has 0 saturated carbocycles. The molecule has 3 aromatic rings. The van der Waals surface area contributed by atoms with Gasteiger partial charge in [-0.15, -0.1) is 0 Å². The summed E-state index contributed by atoms with van der Waals surface area (Å²) in [5.41, 5.74) is 1.09. The molecule has 0 heterocycles. The molecule has 10 heteroatoms. The van der Waals surface area contributed by atoms with E-state index in [-0.39, 0.29) is 35.8 Å². The van der Waals surface area contributed by atoms with E-state index in [4.69, 9.17) is 29.2 Å². The first-order valence-electron chi connectivity index (χ1n) is 14.7. The fourth-order valence-corrected chi connectivity index (χ4v) is 4.02. The first kappa shape index (κ1) is 34.0. The van der Waals surface area contributed by atoms with Gasteiger partial charge in [0.2, 0.25) is 0 Å². The number of rotatable bonds is 18. The van der Waals surface area contributed by atoms with Crippen molar-refractivity contribution >= 4 is 23.9 Å².